The van der Waals surface area contributed by atoms with E-state index in [2.05, 4.69) is 46.8 Å². The molecular formula is C13H15Br2N3O2. The van der Waals surface area contributed by atoms with E-state index in [4.69, 9.17) is 10.5 Å². The maximum absolute atomic E-state index is 5.81. The van der Waals surface area contributed by atoms with E-state index in [1.165, 1.54) is 0 Å². The van der Waals surface area contributed by atoms with Crippen molar-refractivity contribution in [1.29, 1.82) is 0 Å². The highest BCUT2D eigenvalue weighted by Gasteiger charge is 2.12. The first-order chi connectivity index (χ1) is 9.47. The minimum atomic E-state index is 0.115. The number of hydrogen-bond acceptors (Lipinski definition) is 5. The summed E-state index contributed by atoms with van der Waals surface area (Å²) in [5.41, 5.74) is 8.37. The predicted molar refractivity (Wildman–Crippen MR) is 82.6 cm³/mol. The summed E-state index contributed by atoms with van der Waals surface area (Å²) in [5.74, 6) is 0.723. The second kappa shape index (κ2) is 6.69. The number of aryl methyl sites for hydroxylation is 1. The van der Waals surface area contributed by atoms with Crippen LogP contribution in [0.5, 0.6) is 5.75 Å². The van der Waals surface area contributed by atoms with E-state index >= 15 is 0 Å². The van der Waals surface area contributed by atoms with Crippen LogP contribution in [-0.4, -0.2) is 16.4 Å². The molecule has 5 nitrogen and oxygen atoms in total. The zero-order chi connectivity index (χ0) is 14.7. The van der Waals surface area contributed by atoms with Gasteiger partial charge in [0.25, 0.3) is 0 Å². The zero-order valence-corrected chi connectivity index (χ0v) is 14.4. The molecule has 0 aliphatic heterocycles. The van der Waals surface area contributed by atoms with Gasteiger partial charge in [-0.3, -0.25) is 0 Å². The van der Waals surface area contributed by atoms with Crippen molar-refractivity contribution in [3.8, 4) is 5.75 Å². The molecule has 0 spiro atoms. The Labute approximate surface area is 134 Å². The quantitative estimate of drug-likeness (QED) is 0.826. The second-order valence-corrected chi connectivity index (χ2v) is 6.36. The molecule has 1 atom stereocenters. The highest BCUT2D eigenvalue weighted by Crippen LogP contribution is 2.35. The Morgan fingerprint density at radius 2 is 1.95 bits per heavy atom. The molecule has 0 bridgehead atoms. The number of benzene rings is 1. The standard InChI is InChI=1S/C13H15Br2N3O2/c1-7(16)3-9-4-10(14)13(11(15)5-9)19-6-12-8(2)17-20-18-12/h4-5,7H,3,6,16H2,1-2H3. The van der Waals surface area contributed by atoms with E-state index in [9.17, 15) is 0 Å². The van der Waals surface area contributed by atoms with E-state index in [0.717, 1.165) is 32.4 Å². The first kappa shape index (κ1) is 15.5. The van der Waals surface area contributed by atoms with Crippen LogP contribution in [0.25, 0.3) is 0 Å². The molecule has 0 radical (unpaired) electrons. The van der Waals surface area contributed by atoms with E-state index in [1.807, 2.05) is 26.0 Å². The molecule has 2 rings (SSSR count). The van der Waals surface area contributed by atoms with Gasteiger partial charge in [-0.25, -0.2) is 4.63 Å². The first-order valence-electron chi connectivity index (χ1n) is 6.11. The normalized spacial score (nSPS) is 12.4. The average molecular weight is 405 g/mol. The van der Waals surface area contributed by atoms with Gasteiger partial charge in [0, 0.05) is 6.04 Å². The van der Waals surface area contributed by atoms with Crippen molar-refractivity contribution in [2.24, 2.45) is 5.73 Å². The summed E-state index contributed by atoms with van der Waals surface area (Å²) in [7, 11) is 0. The molecule has 108 valence electrons. The van der Waals surface area contributed by atoms with Crippen LogP contribution in [-0.2, 0) is 13.0 Å². The molecule has 7 heteroatoms. The molecule has 0 fully saturated rings. The highest BCUT2D eigenvalue weighted by atomic mass is 79.9. The molecule has 0 saturated heterocycles. The fraction of sp³-hybridized carbons (Fsp3) is 0.385. The molecule has 0 saturated carbocycles. The van der Waals surface area contributed by atoms with Crippen LogP contribution in [0.15, 0.2) is 25.7 Å². The van der Waals surface area contributed by atoms with Crippen molar-refractivity contribution >= 4 is 31.9 Å². The molecule has 2 aromatic rings. The van der Waals surface area contributed by atoms with Gasteiger partial charge < -0.3 is 10.5 Å². The third-order valence-corrected chi connectivity index (χ3v) is 3.89. The van der Waals surface area contributed by atoms with Gasteiger partial charge in [-0.15, -0.1) is 0 Å². The topological polar surface area (TPSA) is 74.2 Å². The summed E-state index contributed by atoms with van der Waals surface area (Å²) in [4.78, 5) is 0. The smallest absolute Gasteiger partial charge is 0.148 e. The Morgan fingerprint density at radius 3 is 2.45 bits per heavy atom. The number of rotatable bonds is 5. The molecule has 1 unspecified atom stereocenters. The average Bonchev–Trinajstić information content (AvgIpc) is 2.73. The van der Waals surface area contributed by atoms with E-state index in [0.29, 0.717) is 12.3 Å². The maximum Gasteiger partial charge on any atom is 0.148 e. The Morgan fingerprint density at radius 1 is 1.30 bits per heavy atom. The van der Waals surface area contributed by atoms with Crippen LogP contribution in [0.1, 0.15) is 23.9 Å². The van der Waals surface area contributed by atoms with Crippen molar-refractivity contribution in [2.75, 3.05) is 0 Å². The highest BCUT2D eigenvalue weighted by molar-refractivity contribution is 9.11. The molecule has 0 aliphatic rings. The lowest BCUT2D eigenvalue weighted by atomic mass is 10.1. The van der Waals surface area contributed by atoms with Gasteiger partial charge in [0.1, 0.15) is 23.7 Å². The van der Waals surface area contributed by atoms with Gasteiger partial charge >= 0.3 is 0 Å². The summed E-state index contributed by atoms with van der Waals surface area (Å²) >= 11 is 7.03. The summed E-state index contributed by atoms with van der Waals surface area (Å²) in [6.07, 6.45) is 0.809. The summed E-state index contributed by atoms with van der Waals surface area (Å²) < 4.78 is 12.1. The third-order valence-electron chi connectivity index (χ3n) is 2.72. The lowest BCUT2D eigenvalue weighted by molar-refractivity contribution is 0.268. The number of ether oxygens (including phenoxy) is 1. The number of nitrogens with two attached hydrogens (primary N) is 1. The predicted octanol–water partition coefficient (Wildman–Crippen LogP) is 3.37. The minimum absolute atomic E-state index is 0.115. The Kier molecular flexibility index (Phi) is 5.17. The molecule has 1 aromatic heterocycles. The van der Waals surface area contributed by atoms with E-state index in [-0.39, 0.29) is 6.04 Å². The SMILES string of the molecule is Cc1nonc1COc1c(Br)cc(CC(C)N)cc1Br. The zero-order valence-electron chi connectivity index (χ0n) is 11.2. The number of aromatic nitrogens is 2. The van der Waals surface area contributed by atoms with Crippen molar-refractivity contribution < 1.29 is 9.37 Å². The molecular weight excluding hydrogens is 390 g/mol. The lowest BCUT2D eigenvalue weighted by Crippen LogP contribution is -2.17. The molecule has 0 amide bonds. The first-order valence-corrected chi connectivity index (χ1v) is 7.70. The van der Waals surface area contributed by atoms with E-state index < -0.39 is 0 Å². The van der Waals surface area contributed by atoms with Crippen molar-refractivity contribution in [1.82, 2.24) is 10.3 Å². The number of nitrogens with zero attached hydrogens (tertiary/aromatic N) is 2. The molecule has 1 heterocycles. The van der Waals surface area contributed by atoms with E-state index in [1.54, 1.807) is 0 Å². The van der Waals surface area contributed by atoms with Gasteiger partial charge in [0.2, 0.25) is 0 Å². The largest absolute Gasteiger partial charge is 0.485 e. The van der Waals surface area contributed by atoms with Gasteiger partial charge in [0.05, 0.1) is 8.95 Å². The summed E-state index contributed by atoms with van der Waals surface area (Å²) in [5, 5.41) is 7.51. The summed E-state index contributed by atoms with van der Waals surface area (Å²) in [6.45, 7) is 4.11. The summed E-state index contributed by atoms with van der Waals surface area (Å²) in [6, 6.07) is 4.14. The van der Waals surface area contributed by atoms with Crippen molar-refractivity contribution in [3.05, 3.63) is 38.0 Å². The van der Waals surface area contributed by atoms with Crippen LogP contribution >= 0.6 is 31.9 Å². The molecule has 20 heavy (non-hydrogen) atoms. The van der Waals surface area contributed by atoms with Crippen molar-refractivity contribution in [3.63, 3.8) is 0 Å². The maximum atomic E-state index is 5.81. The van der Waals surface area contributed by atoms with Crippen LogP contribution in [0, 0.1) is 6.92 Å². The molecule has 2 N–H and O–H groups in total. The number of halogens is 2. The third kappa shape index (κ3) is 3.80. The fourth-order valence-corrected chi connectivity index (χ4v) is 3.27. The Bertz CT molecular complexity index is 576. The van der Waals surface area contributed by atoms with Gasteiger partial charge in [-0.1, -0.05) is 10.3 Å². The van der Waals surface area contributed by atoms with Crippen LogP contribution in [0.4, 0.5) is 0 Å². The van der Waals surface area contributed by atoms with Crippen LogP contribution in [0.2, 0.25) is 0 Å². The lowest BCUT2D eigenvalue weighted by Gasteiger charge is -2.12. The van der Waals surface area contributed by atoms with Gasteiger partial charge in [0.15, 0.2) is 0 Å². The molecule has 0 aliphatic carbocycles. The van der Waals surface area contributed by atoms with Gasteiger partial charge in [-0.05, 0) is 69.8 Å². The Hall–Kier alpha value is -0.920. The number of hydrogen-bond donors (Lipinski definition) is 1. The van der Waals surface area contributed by atoms with Crippen molar-refractivity contribution in [2.45, 2.75) is 32.9 Å². The van der Waals surface area contributed by atoms with Gasteiger partial charge in [-0.2, -0.15) is 0 Å². The monoisotopic (exact) mass is 403 g/mol. The molecule has 1 aromatic carbocycles. The fourth-order valence-electron chi connectivity index (χ4n) is 1.76. The van der Waals surface area contributed by atoms with Crippen LogP contribution in [0.3, 0.4) is 0 Å². The second-order valence-electron chi connectivity index (χ2n) is 4.66. The Balaban J connectivity index is 2.14. The van der Waals surface area contributed by atoms with Crippen LogP contribution < -0.4 is 10.5 Å². The minimum Gasteiger partial charge on any atom is -0.485 e.